The maximum Gasteiger partial charge on any atom is 0.343 e. The van der Waals surface area contributed by atoms with Crippen LogP contribution in [-0.4, -0.2) is 179 Å². The molecule has 3 atom stereocenters. The van der Waals surface area contributed by atoms with Crippen molar-refractivity contribution in [2.24, 2.45) is 17.8 Å². The smallest absolute Gasteiger partial charge is 0.343 e. The predicted molar refractivity (Wildman–Crippen MR) is 418 cm³/mol. The molecule has 3 heterocycles. The number of halogens is 2. The topological polar surface area (TPSA) is 387 Å². The summed E-state index contributed by atoms with van der Waals surface area (Å²) in [5, 5.41) is 50.3. The van der Waals surface area contributed by atoms with Crippen LogP contribution in [0.1, 0.15) is 117 Å². The number of methoxy groups -OCH3 is 6. The van der Waals surface area contributed by atoms with E-state index in [2.05, 4.69) is 40.7 Å². The highest BCUT2D eigenvalue weighted by Crippen LogP contribution is 2.43. The molecule has 3 amide bonds. The van der Waals surface area contributed by atoms with Crippen LogP contribution in [0, 0.1) is 30.5 Å². The second kappa shape index (κ2) is 42.6. The summed E-state index contributed by atoms with van der Waals surface area (Å²) in [6.07, 6.45) is 0.773. The molecule has 9 rings (SSSR count). The van der Waals surface area contributed by atoms with Gasteiger partial charge in [-0.2, -0.15) is 15.3 Å². The van der Waals surface area contributed by atoms with Gasteiger partial charge in [-0.05, 0) is 153 Å². The van der Waals surface area contributed by atoms with E-state index in [1.165, 1.54) is 76.3 Å². The molecule has 9 aromatic rings. The molecule has 0 radical (unpaired) electrons. The van der Waals surface area contributed by atoms with Crippen LogP contribution < -0.4 is 44.4 Å². The molecule has 0 aliphatic heterocycles. The van der Waals surface area contributed by atoms with Gasteiger partial charge in [0.15, 0.2) is 36.9 Å². The Hall–Kier alpha value is -12.8. The fourth-order valence-corrected chi connectivity index (χ4v) is 12.0. The molecule has 0 fully saturated rings. The summed E-state index contributed by atoms with van der Waals surface area (Å²) in [5.41, 5.74) is 5.27. The van der Waals surface area contributed by atoms with Crippen molar-refractivity contribution in [3.8, 4) is 85.3 Å². The van der Waals surface area contributed by atoms with E-state index in [1.54, 1.807) is 102 Å². The van der Waals surface area contributed by atoms with Crippen LogP contribution in [0.25, 0.3) is 50.8 Å². The minimum Gasteiger partial charge on any atom is -0.496 e. The van der Waals surface area contributed by atoms with Gasteiger partial charge < -0.3 is 73.9 Å². The van der Waals surface area contributed by atoms with Gasteiger partial charge in [0.2, 0.25) is 0 Å². The van der Waals surface area contributed by atoms with Gasteiger partial charge in [0.05, 0.1) is 113 Å². The number of ether oxygens (including phenoxy) is 9. The Morgan fingerprint density at radius 2 is 0.693 bits per heavy atom. The number of esters is 3. The highest BCUT2D eigenvalue weighted by molar-refractivity contribution is 6.30. The summed E-state index contributed by atoms with van der Waals surface area (Å²) in [6, 6.07) is 38.0. The number of hydrogen-bond acceptors (Lipinski definition) is 21. The van der Waals surface area contributed by atoms with Crippen LogP contribution in [0.15, 0.2) is 146 Å². The normalized spacial score (nSPS) is 11.6. The Kier molecular flexibility index (Phi) is 33.0. The van der Waals surface area contributed by atoms with E-state index in [0.29, 0.717) is 104 Å². The number of amides is 3. The molecule has 0 aliphatic carbocycles. The number of carbonyl (C=O) groups excluding carboxylic acids is 6. The fourth-order valence-electron chi connectivity index (χ4n) is 11.9. The summed E-state index contributed by atoms with van der Waals surface area (Å²) >= 11 is 6.08. The minimum absolute atomic E-state index is 0.0340. The number of benzene rings is 6. The number of nitrogens with zero attached hydrogens (tertiary/aromatic N) is 6. The van der Waals surface area contributed by atoms with Crippen molar-refractivity contribution in [3.63, 3.8) is 0 Å². The second-order valence-corrected chi connectivity index (χ2v) is 27.5. The first kappa shape index (κ1) is 88.4. The number of rotatable bonds is 36. The SMILES string of the molecule is COC(=O)COc1cccc(OC)c1-c1cc(C(=O)N[C@H](CC(=O)O)CC(C)C)nn1-c1ccc(C)cc1.COC(=O)COc1cccc(OC)c1-c1cc(C(=O)N[C@H](CC(=O)O)CC(C)C)nn1-c1ccc(Cl)cc1.COC(=O)COc1cccc(OC)c1-c1cc(C(=O)N[C@H](CC(=O)O)CC(C)C)nn1-c1cccc(F)c1. The van der Waals surface area contributed by atoms with Crippen LogP contribution in [0.5, 0.6) is 34.5 Å². The van der Waals surface area contributed by atoms with Gasteiger partial charge in [-0.3, -0.25) is 28.8 Å². The van der Waals surface area contributed by atoms with Gasteiger partial charge in [-0.1, -0.05) is 95.1 Å². The number of aryl methyl sites for hydroxylation is 1. The Morgan fingerprint density at radius 3 is 0.974 bits per heavy atom. The second-order valence-electron chi connectivity index (χ2n) is 27.1. The zero-order valence-electron chi connectivity index (χ0n) is 65.3. The molecule has 114 heavy (non-hydrogen) atoms. The molecule has 0 aliphatic rings. The fraction of sp³-hybridized carbons (Fsp3) is 0.341. The van der Waals surface area contributed by atoms with Gasteiger partial charge >= 0.3 is 35.8 Å². The molecule has 32 heteroatoms. The largest absolute Gasteiger partial charge is 0.496 e. The van der Waals surface area contributed by atoms with Gasteiger partial charge in [0.25, 0.3) is 17.7 Å². The molecule has 0 saturated heterocycles. The summed E-state index contributed by atoms with van der Waals surface area (Å²) in [5.74, 6) is -4.35. The summed E-state index contributed by atoms with van der Waals surface area (Å²) in [7, 11) is 8.20. The number of carbonyl (C=O) groups is 9. The van der Waals surface area contributed by atoms with Crippen molar-refractivity contribution >= 4 is 65.1 Å². The average molecular weight is 1600 g/mol. The number of hydrogen-bond donors (Lipinski definition) is 6. The Morgan fingerprint density at radius 1 is 0.404 bits per heavy atom. The van der Waals surface area contributed by atoms with Crippen LogP contribution in [0.3, 0.4) is 0 Å². The predicted octanol–water partition coefficient (Wildman–Crippen LogP) is 12.3. The maximum atomic E-state index is 14.2. The minimum atomic E-state index is -1.04. The first-order chi connectivity index (χ1) is 54.4. The maximum absolute atomic E-state index is 14.2. The Bertz CT molecular complexity index is 4630. The van der Waals surface area contributed by atoms with Gasteiger partial charge in [-0.25, -0.2) is 32.8 Å². The van der Waals surface area contributed by atoms with Gasteiger partial charge in [0, 0.05) is 23.1 Å². The van der Waals surface area contributed by atoms with Crippen molar-refractivity contribution in [2.75, 3.05) is 62.5 Å². The van der Waals surface area contributed by atoms with Crippen LogP contribution in [0.2, 0.25) is 5.02 Å². The lowest BCUT2D eigenvalue weighted by molar-refractivity contribution is -0.143. The van der Waals surface area contributed by atoms with Crippen molar-refractivity contribution in [1.82, 2.24) is 45.3 Å². The number of aliphatic carboxylic acids is 3. The van der Waals surface area contributed by atoms with Crippen molar-refractivity contribution < 1.29 is 105 Å². The van der Waals surface area contributed by atoms with Crippen LogP contribution in [0.4, 0.5) is 4.39 Å². The molecular weight excluding hydrogens is 1500 g/mol. The van der Waals surface area contributed by atoms with E-state index in [4.69, 9.17) is 44.8 Å². The molecule has 0 unspecified atom stereocenters. The lowest BCUT2D eigenvalue weighted by Gasteiger charge is -2.18. The van der Waals surface area contributed by atoms with Gasteiger partial charge in [-0.15, -0.1) is 0 Å². The molecule has 3 aromatic heterocycles. The van der Waals surface area contributed by atoms with Crippen molar-refractivity contribution in [1.29, 1.82) is 0 Å². The Labute approximate surface area is 662 Å². The highest BCUT2D eigenvalue weighted by atomic mass is 35.5. The number of carboxylic acids is 3. The van der Waals surface area contributed by atoms with E-state index in [1.807, 2.05) is 72.7 Å². The van der Waals surface area contributed by atoms with Crippen LogP contribution in [-0.2, 0) is 43.0 Å². The quantitative estimate of drug-likeness (QED) is 0.0157. The molecule has 6 N–H and O–H groups in total. The molecule has 0 saturated carbocycles. The highest BCUT2D eigenvalue weighted by Gasteiger charge is 2.30. The average Bonchev–Trinajstić information content (AvgIpc) is 1.61. The standard InChI is InChI=1S/C28H33N3O7.C27H30ClN3O7.C27H30FN3O7/c1-17(2)13-19(14-25(32)33)29-28(35)21-15-22(31(30-21)20-11-9-18(3)10-12-20)27-23(36-4)7-6-8-24(27)38-16-26(34)37-5;1-16(2)12-18(13-24(32)33)29-27(35)20-14-21(31(30-20)19-10-8-17(28)9-11-19)26-22(36-3)6-5-7-23(26)38-15-25(34)37-4;1-16(2)11-18(13-24(32)33)29-27(35)20-14-21(31(30-20)19-8-5-7-17(28)12-19)26-22(36-3)9-6-10-23(26)38-15-25(34)37-4/h6-12,15,17,19H,13-14,16H2,1-5H3,(H,29,35)(H,32,33);5-11,14,16,18H,12-13,15H2,1-4H3,(H,29,35)(H,32,33);5-10,12,14,16,18H,11,13,15H2,1-4H3,(H,29,35)(H,32,33)/t19-;2*18-/m000/s1. The summed E-state index contributed by atoms with van der Waals surface area (Å²) < 4.78 is 66.6. The van der Waals surface area contributed by atoms with Crippen molar-refractivity contribution in [2.45, 2.75) is 105 Å². The molecule has 0 bridgehead atoms. The molecule has 30 nitrogen and oxygen atoms in total. The van der Waals surface area contributed by atoms with Crippen molar-refractivity contribution in [3.05, 3.63) is 179 Å². The van der Waals surface area contributed by atoms with E-state index in [-0.39, 0.29) is 79.7 Å². The Balaban J connectivity index is 0.000000237. The van der Waals surface area contributed by atoms with Gasteiger partial charge in [0.1, 0.15) is 40.3 Å². The number of nitrogens with one attached hydrogen (secondary N) is 3. The zero-order chi connectivity index (χ0) is 83.5. The number of aromatic nitrogens is 6. The summed E-state index contributed by atoms with van der Waals surface area (Å²) in [4.78, 5) is 109. The van der Waals surface area contributed by atoms with E-state index >= 15 is 0 Å². The monoisotopic (exact) mass is 1590 g/mol. The third kappa shape index (κ3) is 25.4. The van der Waals surface area contributed by atoms with Crippen LogP contribution >= 0.6 is 11.6 Å². The lowest BCUT2D eigenvalue weighted by atomic mass is 10.0. The summed E-state index contributed by atoms with van der Waals surface area (Å²) in [6.45, 7) is 12.6. The van der Waals surface area contributed by atoms with E-state index in [9.17, 15) is 62.9 Å². The lowest BCUT2D eigenvalue weighted by Crippen LogP contribution is -2.37. The third-order valence-electron chi connectivity index (χ3n) is 16.9. The number of carboxylic acid groups (broad SMARTS) is 3. The van der Waals surface area contributed by atoms with E-state index < -0.39 is 77.5 Å². The third-order valence-corrected chi connectivity index (χ3v) is 17.1. The first-order valence-corrected chi connectivity index (χ1v) is 36.3. The molecular formula is C82H93ClFN9O21. The molecule has 0 spiro atoms. The molecule has 6 aromatic carbocycles. The zero-order valence-corrected chi connectivity index (χ0v) is 66.1. The first-order valence-electron chi connectivity index (χ1n) is 36.0. The molecule has 606 valence electrons. The van der Waals surface area contributed by atoms with E-state index in [0.717, 1.165) is 5.56 Å².